The van der Waals surface area contributed by atoms with E-state index in [4.69, 9.17) is 4.52 Å². The maximum atomic E-state index is 9.30. The van der Waals surface area contributed by atoms with Crippen molar-refractivity contribution < 1.29 is 9.63 Å². The van der Waals surface area contributed by atoms with Gasteiger partial charge >= 0.3 is 0 Å². The molecule has 0 amide bonds. The van der Waals surface area contributed by atoms with Gasteiger partial charge in [-0.1, -0.05) is 35.0 Å². The number of aryl methyl sites for hydroxylation is 1. The van der Waals surface area contributed by atoms with Crippen LogP contribution in [0.25, 0.3) is 11.4 Å². The van der Waals surface area contributed by atoms with Crippen molar-refractivity contribution >= 4 is 0 Å². The van der Waals surface area contributed by atoms with Gasteiger partial charge in [0.05, 0.1) is 12.6 Å². The molecule has 5 heteroatoms. The zero-order valence-electron chi connectivity index (χ0n) is 11.5. The topological polar surface area (TPSA) is 62.4 Å². The molecule has 0 aliphatic heterocycles. The molecule has 1 unspecified atom stereocenters. The first-order valence-corrected chi connectivity index (χ1v) is 6.31. The van der Waals surface area contributed by atoms with E-state index in [2.05, 4.69) is 10.1 Å². The number of aromatic nitrogens is 2. The van der Waals surface area contributed by atoms with Crippen molar-refractivity contribution in [2.45, 2.75) is 26.5 Å². The number of hydrogen-bond donors (Lipinski definition) is 1. The molecular formula is C14H19N3O2. The Morgan fingerprint density at radius 1 is 1.32 bits per heavy atom. The van der Waals surface area contributed by atoms with E-state index in [1.165, 1.54) is 5.56 Å². The lowest BCUT2D eigenvalue weighted by Gasteiger charge is -2.15. The van der Waals surface area contributed by atoms with Gasteiger partial charge in [-0.2, -0.15) is 4.98 Å². The summed E-state index contributed by atoms with van der Waals surface area (Å²) in [5, 5.41) is 13.3. The van der Waals surface area contributed by atoms with Crippen molar-refractivity contribution in [3.8, 4) is 11.4 Å². The Balaban J connectivity index is 2.04. The summed E-state index contributed by atoms with van der Waals surface area (Å²) in [5.74, 6) is 1.15. The standard InChI is InChI=1S/C14H19N3O2/c1-10-4-6-12(7-5-10)14-15-13(19-16-14)9-17(3)8-11(2)18/h4-7,11,18H,8-9H2,1-3H3. The lowest BCUT2D eigenvalue weighted by atomic mass is 10.1. The zero-order chi connectivity index (χ0) is 13.8. The van der Waals surface area contributed by atoms with Crippen LogP contribution >= 0.6 is 0 Å². The lowest BCUT2D eigenvalue weighted by Crippen LogP contribution is -2.26. The third-order valence-corrected chi connectivity index (χ3v) is 2.76. The number of rotatable bonds is 5. The van der Waals surface area contributed by atoms with Crippen LogP contribution in [0.5, 0.6) is 0 Å². The molecule has 0 aliphatic rings. The van der Waals surface area contributed by atoms with Crippen LogP contribution in [0.15, 0.2) is 28.8 Å². The van der Waals surface area contributed by atoms with Gasteiger partial charge in [-0.25, -0.2) is 0 Å². The fraction of sp³-hybridized carbons (Fsp3) is 0.429. The Bertz CT molecular complexity index is 520. The second kappa shape index (κ2) is 5.95. The third kappa shape index (κ3) is 3.87. The van der Waals surface area contributed by atoms with Gasteiger partial charge in [-0.05, 0) is 20.9 Å². The molecule has 1 atom stereocenters. The monoisotopic (exact) mass is 261 g/mol. The molecule has 0 saturated carbocycles. The van der Waals surface area contributed by atoms with Crippen LogP contribution in [0.1, 0.15) is 18.4 Å². The van der Waals surface area contributed by atoms with Crippen molar-refractivity contribution in [1.82, 2.24) is 15.0 Å². The number of hydrogen-bond acceptors (Lipinski definition) is 5. The minimum Gasteiger partial charge on any atom is -0.392 e. The van der Waals surface area contributed by atoms with E-state index in [0.29, 0.717) is 24.8 Å². The minimum absolute atomic E-state index is 0.371. The van der Waals surface area contributed by atoms with Gasteiger partial charge in [0.25, 0.3) is 0 Å². The average Bonchev–Trinajstić information content (AvgIpc) is 2.77. The largest absolute Gasteiger partial charge is 0.392 e. The molecule has 0 saturated heterocycles. The van der Waals surface area contributed by atoms with Gasteiger partial charge in [-0.15, -0.1) is 0 Å². The molecule has 0 bridgehead atoms. The zero-order valence-corrected chi connectivity index (χ0v) is 11.5. The van der Waals surface area contributed by atoms with Gasteiger partial charge < -0.3 is 9.63 Å². The summed E-state index contributed by atoms with van der Waals surface area (Å²) >= 11 is 0. The Kier molecular flexibility index (Phi) is 4.29. The van der Waals surface area contributed by atoms with Crippen molar-refractivity contribution in [2.75, 3.05) is 13.6 Å². The highest BCUT2D eigenvalue weighted by atomic mass is 16.5. The summed E-state index contributed by atoms with van der Waals surface area (Å²) in [6.45, 7) is 4.89. The number of aliphatic hydroxyl groups excluding tert-OH is 1. The van der Waals surface area contributed by atoms with E-state index >= 15 is 0 Å². The van der Waals surface area contributed by atoms with E-state index in [1.807, 2.05) is 43.1 Å². The number of nitrogens with zero attached hydrogens (tertiary/aromatic N) is 3. The third-order valence-electron chi connectivity index (χ3n) is 2.76. The molecule has 1 aromatic heterocycles. The maximum Gasteiger partial charge on any atom is 0.241 e. The van der Waals surface area contributed by atoms with E-state index < -0.39 is 0 Å². The maximum absolute atomic E-state index is 9.30. The van der Waals surface area contributed by atoms with Crippen LogP contribution in [-0.2, 0) is 6.54 Å². The van der Waals surface area contributed by atoms with Crippen LogP contribution in [0.3, 0.4) is 0 Å². The fourth-order valence-electron chi connectivity index (χ4n) is 1.89. The number of aliphatic hydroxyl groups is 1. The van der Waals surface area contributed by atoms with Crippen molar-refractivity contribution in [1.29, 1.82) is 0 Å². The van der Waals surface area contributed by atoms with Crippen LogP contribution in [0.4, 0.5) is 0 Å². The SMILES string of the molecule is Cc1ccc(-c2noc(CN(C)CC(C)O)n2)cc1. The molecule has 0 spiro atoms. The molecule has 19 heavy (non-hydrogen) atoms. The second-order valence-corrected chi connectivity index (χ2v) is 4.92. The average molecular weight is 261 g/mol. The van der Waals surface area contributed by atoms with Crippen LogP contribution in [0, 0.1) is 6.92 Å². The normalized spacial score (nSPS) is 12.9. The molecule has 1 N–H and O–H groups in total. The Morgan fingerprint density at radius 3 is 2.63 bits per heavy atom. The Hall–Kier alpha value is -1.72. The highest BCUT2D eigenvalue weighted by Gasteiger charge is 2.11. The molecule has 102 valence electrons. The molecule has 1 aromatic carbocycles. The highest BCUT2D eigenvalue weighted by molar-refractivity contribution is 5.54. The van der Waals surface area contributed by atoms with Gasteiger partial charge in [0.15, 0.2) is 0 Å². The lowest BCUT2D eigenvalue weighted by molar-refractivity contribution is 0.131. The summed E-state index contributed by atoms with van der Waals surface area (Å²) in [6, 6.07) is 7.99. The second-order valence-electron chi connectivity index (χ2n) is 4.92. The first-order valence-electron chi connectivity index (χ1n) is 6.31. The molecule has 1 heterocycles. The summed E-state index contributed by atoms with van der Waals surface area (Å²) in [5.41, 5.74) is 2.14. The van der Waals surface area contributed by atoms with Crippen LogP contribution in [0.2, 0.25) is 0 Å². The number of likely N-dealkylation sites (N-methyl/N-ethyl adjacent to an activating group) is 1. The van der Waals surface area contributed by atoms with Gasteiger partial charge in [0, 0.05) is 12.1 Å². The Morgan fingerprint density at radius 2 is 2.00 bits per heavy atom. The first kappa shape index (κ1) is 13.7. The van der Waals surface area contributed by atoms with Gasteiger partial charge in [0.2, 0.25) is 11.7 Å². The molecule has 5 nitrogen and oxygen atoms in total. The molecule has 2 aromatic rings. The molecule has 2 rings (SSSR count). The van der Waals surface area contributed by atoms with Crippen molar-refractivity contribution in [3.63, 3.8) is 0 Å². The van der Waals surface area contributed by atoms with E-state index in [-0.39, 0.29) is 6.10 Å². The highest BCUT2D eigenvalue weighted by Crippen LogP contribution is 2.16. The summed E-state index contributed by atoms with van der Waals surface area (Å²) < 4.78 is 5.22. The summed E-state index contributed by atoms with van der Waals surface area (Å²) in [4.78, 5) is 6.30. The van der Waals surface area contributed by atoms with E-state index in [1.54, 1.807) is 6.92 Å². The smallest absolute Gasteiger partial charge is 0.241 e. The van der Waals surface area contributed by atoms with Crippen LogP contribution in [-0.4, -0.2) is 39.8 Å². The molecule has 0 radical (unpaired) electrons. The van der Waals surface area contributed by atoms with E-state index in [0.717, 1.165) is 5.56 Å². The van der Waals surface area contributed by atoms with Crippen molar-refractivity contribution in [3.05, 3.63) is 35.7 Å². The molecule has 0 aliphatic carbocycles. The molecule has 0 fully saturated rings. The van der Waals surface area contributed by atoms with Crippen LogP contribution < -0.4 is 0 Å². The Labute approximate surface area is 112 Å². The number of benzene rings is 1. The quantitative estimate of drug-likeness (QED) is 0.890. The fourth-order valence-corrected chi connectivity index (χ4v) is 1.89. The summed E-state index contributed by atoms with van der Waals surface area (Å²) in [7, 11) is 1.91. The first-order chi connectivity index (χ1) is 9.04. The summed E-state index contributed by atoms with van der Waals surface area (Å²) in [6.07, 6.45) is -0.371. The van der Waals surface area contributed by atoms with E-state index in [9.17, 15) is 5.11 Å². The molecular weight excluding hydrogens is 242 g/mol. The predicted molar refractivity (Wildman–Crippen MR) is 72.5 cm³/mol. The minimum atomic E-state index is -0.371. The van der Waals surface area contributed by atoms with Crippen molar-refractivity contribution in [2.24, 2.45) is 0 Å². The van der Waals surface area contributed by atoms with Gasteiger partial charge in [-0.3, -0.25) is 4.90 Å². The predicted octanol–water partition coefficient (Wildman–Crippen LogP) is 1.86. The van der Waals surface area contributed by atoms with Gasteiger partial charge in [0.1, 0.15) is 0 Å².